The number of para-hydroxylation sites is 1. The van der Waals surface area contributed by atoms with Crippen molar-refractivity contribution in [2.45, 2.75) is 51.7 Å². The van der Waals surface area contributed by atoms with Crippen molar-refractivity contribution in [2.24, 2.45) is 5.92 Å². The lowest BCUT2D eigenvalue weighted by molar-refractivity contribution is -0.117. The third-order valence-corrected chi connectivity index (χ3v) is 6.63. The number of fused-ring (bicyclic) bond motifs is 1. The lowest BCUT2D eigenvalue weighted by Gasteiger charge is -2.24. The number of hydrogen-bond donors (Lipinski definition) is 2. The Morgan fingerprint density at radius 2 is 1.85 bits per heavy atom. The van der Waals surface area contributed by atoms with Crippen molar-refractivity contribution in [1.82, 2.24) is 5.32 Å². The van der Waals surface area contributed by atoms with Gasteiger partial charge in [0.15, 0.2) is 0 Å². The van der Waals surface area contributed by atoms with Crippen LogP contribution >= 0.6 is 0 Å². The Hall–Kier alpha value is -3.54. The molecule has 6 nitrogen and oxygen atoms in total. The van der Waals surface area contributed by atoms with E-state index in [1.54, 1.807) is 12.3 Å². The molecule has 6 heteroatoms. The monoisotopic (exact) mass is 443 g/mol. The lowest BCUT2D eigenvalue weighted by atomic mass is 10.1. The number of hydrogen-bond acceptors (Lipinski definition) is 4. The topological polar surface area (TPSA) is 74.6 Å². The lowest BCUT2D eigenvalue weighted by Crippen LogP contribution is -2.31. The summed E-state index contributed by atoms with van der Waals surface area (Å²) in [6.45, 7) is 4.70. The number of amides is 2. The van der Waals surface area contributed by atoms with Gasteiger partial charge in [0, 0.05) is 23.3 Å². The molecule has 2 aromatic carbocycles. The molecule has 5 rings (SSSR count). The minimum absolute atomic E-state index is 0.0894. The smallest absolute Gasteiger partial charge is 0.255 e. The summed E-state index contributed by atoms with van der Waals surface area (Å²) in [6.07, 6.45) is 4.53. The Bertz CT molecular complexity index is 1160. The quantitative estimate of drug-likeness (QED) is 0.535. The van der Waals surface area contributed by atoms with Crippen molar-refractivity contribution in [2.75, 3.05) is 10.2 Å². The molecule has 1 saturated carbocycles. The van der Waals surface area contributed by atoms with Crippen LogP contribution in [0.1, 0.15) is 60.0 Å². The molecule has 0 radical (unpaired) electrons. The molecule has 2 amide bonds. The standard InChI is InChI=1S/C27H29N3O3/c1-17-15-21-5-3-4-6-24(21)30(17)16-25-23(13-14-33-25)27(32)28-18(2)19-9-11-22(12-10-19)29-26(31)20-7-8-20/h3-6,9-14,17-18,20H,7-8,15-16H2,1-2H3,(H,28,32)(H,29,31). The zero-order valence-electron chi connectivity index (χ0n) is 19.0. The molecule has 33 heavy (non-hydrogen) atoms. The summed E-state index contributed by atoms with van der Waals surface area (Å²) in [4.78, 5) is 27.3. The van der Waals surface area contributed by atoms with Crippen LogP contribution in [0.3, 0.4) is 0 Å². The first-order chi connectivity index (χ1) is 16.0. The molecule has 0 saturated heterocycles. The van der Waals surface area contributed by atoms with Crippen LogP contribution in [0.2, 0.25) is 0 Å². The van der Waals surface area contributed by atoms with Crippen molar-refractivity contribution >= 4 is 23.2 Å². The average Bonchev–Trinajstić information content (AvgIpc) is 3.48. The van der Waals surface area contributed by atoms with Crippen molar-refractivity contribution in [3.63, 3.8) is 0 Å². The summed E-state index contributed by atoms with van der Waals surface area (Å²) in [6, 6.07) is 17.9. The van der Waals surface area contributed by atoms with Crippen LogP contribution in [0.5, 0.6) is 0 Å². The van der Waals surface area contributed by atoms with Gasteiger partial charge in [-0.05, 0) is 68.5 Å². The number of nitrogens with one attached hydrogen (secondary N) is 2. The number of carbonyl (C=O) groups excluding carboxylic acids is 2. The molecule has 2 N–H and O–H groups in total. The van der Waals surface area contributed by atoms with Gasteiger partial charge in [0.25, 0.3) is 5.91 Å². The van der Waals surface area contributed by atoms with Gasteiger partial charge in [-0.25, -0.2) is 0 Å². The fourth-order valence-electron chi connectivity index (χ4n) is 4.49. The Balaban J connectivity index is 1.24. The summed E-state index contributed by atoms with van der Waals surface area (Å²) >= 11 is 0. The summed E-state index contributed by atoms with van der Waals surface area (Å²) in [5.41, 5.74) is 4.85. The van der Waals surface area contributed by atoms with Gasteiger partial charge in [0.05, 0.1) is 24.4 Å². The van der Waals surface area contributed by atoms with E-state index in [4.69, 9.17) is 4.42 Å². The molecule has 2 atom stereocenters. The molecule has 2 aliphatic rings. The van der Waals surface area contributed by atoms with Crippen LogP contribution in [0.25, 0.3) is 0 Å². The fraction of sp³-hybridized carbons (Fsp3) is 0.333. The Labute approximate surface area is 194 Å². The normalized spacial score (nSPS) is 18.0. The predicted octanol–water partition coefficient (Wildman–Crippen LogP) is 5.07. The molecular formula is C27H29N3O3. The largest absolute Gasteiger partial charge is 0.467 e. The highest BCUT2D eigenvalue weighted by molar-refractivity contribution is 5.95. The molecule has 3 aromatic rings. The van der Waals surface area contributed by atoms with E-state index in [0.29, 0.717) is 23.9 Å². The second-order valence-electron chi connectivity index (χ2n) is 9.15. The number of rotatable bonds is 7. The summed E-state index contributed by atoms with van der Waals surface area (Å²) in [5, 5.41) is 6.02. The van der Waals surface area contributed by atoms with Crippen molar-refractivity contribution < 1.29 is 14.0 Å². The van der Waals surface area contributed by atoms with E-state index in [2.05, 4.69) is 40.7 Å². The molecule has 0 bridgehead atoms. The summed E-state index contributed by atoms with van der Waals surface area (Å²) < 4.78 is 5.73. The SMILES string of the molecule is CC(NC(=O)c1ccoc1CN1c2ccccc2CC1C)c1ccc(NC(=O)C2CC2)cc1. The summed E-state index contributed by atoms with van der Waals surface area (Å²) in [7, 11) is 0. The van der Waals surface area contributed by atoms with Crippen LogP contribution in [0, 0.1) is 5.92 Å². The van der Waals surface area contributed by atoms with Gasteiger partial charge >= 0.3 is 0 Å². The molecule has 1 aliphatic carbocycles. The van der Waals surface area contributed by atoms with Crippen LogP contribution < -0.4 is 15.5 Å². The third kappa shape index (κ3) is 4.51. The zero-order chi connectivity index (χ0) is 22.9. The highest BCUT2D eigenvalue weighted by atomic mass is 16.3. The number of furan rings is 1. The van der Waals surface area contributed by atoms with Crippen molar-refractivity contribution in [3.05, 3.63) is 83.3 Å². The number of anilines is 2. The van der Waals surface area contributed by atoms with Crippen molar-refractivity contribution in [1.29, 1.82) is 0 Å². The highest BCUT2D eigenvalue weighted by Crippen LogP contribution is 2.34. The Kier molecular flexibility index (Phi) is 5.67. The molecule has 170 valence electrons. The first-order valence-electron chi connectivity index (χ1n) is 11.6. The van der Waals surface area contributed by atoms with Crippen LogP contribution in [0.15, 0.2) is 65.3 Å². The van der Waals surface area contributed by atoms with Crippen LogP contribution in [0.4, 0.5) is 11.4 Å². The van der Waals surface area contributed by atoms with E-state index in [0.717, 1.165) is 30.5 Å². The third-order valence-electron chi connectivity index (χ3n) is 6.63. The van der Waals surface area contributed by atoms with Crippen LogP contribution in [-0.2, 0) is 17.8 Å². The van der Waals surface area contributed by atoms with Gasteiger partial charge in [0.1, 0.15) is 5.76 Å². The van der Waals surface area contributed by atoms with Gasteiger partial charge in [-0.3, -0.25) is 9.59 Å². The average molecular weight is 444 g/mol. The Morgan fingerprint density at radius 1 is 1.09 bits per heavy atom. The zero-order valence-corrected chi connectivity index (χ0v) is 19.0. The van der Waals surface area contributed by atoms with Gasteiger partial charge in [-0.2, -0.15) is 0 Å². The van der Waals surface area contributed by atoms with E-state index in [-0.39, 0.29) is 23.8 Å². The second-order valence-corrected chi connectivity index (χ2v) is 9.15. The molecule has 1 aromatic heterocycles. The van der Waals surface area contributed by atoms with E-state index >= 15 is 0 Å². The minimum atomic E-state index is -0.181. The van der Waals surface area contributed by atoms with Gasteiger partial charge < -0.3 is 20.0 Å². The van der Waals surface area contributed by atoms with Gasteiger partial charge in [-0.15, -0.1) is 0 Å². The highest BCUT2D eigenvalue weighted by Gasteiger charge is 2.30. The maximum atomic E-state index is 13.1. The minimum Gasteiger partial charge on any atom is -0.467 e. The molecule has 2 heterocycles. The second kappa shape index (κ2) is 8.77. The summed E-state index contributed by atoms with van der Waals surface area (Å²) in [5.74, 6) is 0.773. The molecular weight excluding hydrogens is 414 g/mol. The van der Waals surface area contributed by atoms with E-state index in [1.165, 1.54) is 11.3 Å². The van der Waals surface area contributed by atoms with E-state index in [9.17, 15) is 9.59 Å². The van der Waals surface area contributed by atoms with Gasteiger partial charge in [0.2, 0.25) is 5.91 Å². The van der Waals surface area contributed by atoms with Crippen molar-refractivity contribution in [3.8, 4) is 0 Å². The van der Waals surface area contributed by atoms with Gasteiger partial charge in [-0.1, -0.05) is 30.3 Å². The number of carbonyl (C=O) groups is 2. The maximum Gasteiger partial charge on any atom is 0.255 e. The Morgan fingerprint density at radius 3 is 2.61 bits per heavy atom. The number of benzene rings is 2. The molecule has 0 spiro atoms. The number of nitrogens with zero attached hydrogens (tertiary/aromatic N) is 1. The first-order valence-corrected chi connectivity index (χ1v) is 11.6. The fourth-order valence-corrected chi connectivity index (χ4v) is 4.49. The molecule has 2 unspecified atom stereocenters. The predicted molar refractivity (Wildman–Crippen MR) is 128 cm³/mol. The maximum absolute atomic E-state index is 13.1. The van der Waals surface area contributed by atoms with E-state index < -0.39 is 0 Å². The molecule has 1 aliphatic heterocycles. The molecule has 1 fully saturated rings. The van der Waals surface area contributed by atoms with Crippen LogP contribution in [-0.4, -0.2) is 17.9 Å². The first kappa shape index (κ1) is 21.3. The van der Waals surface area contributed by atoms with E-state index in [1.807, 2.05) is 37.3 Å².